The predicted octanol–water partition coefficient (Wildman–Crippen LogP) is 4.05. The molecule has 1 heterocycles. The minimum absolute atomic E-state index is 0.125. The molecule has 25 heavy (non-hydrogen) atoms. The molecule has 7 heteroatoms. The van der Waals surface area contributed by atoms with E-state index in [1.807, 2.05) is 12.1 Å². The van der Waals surface area contributed by atoms with Gasteiger partial charge in [0.25, 0.3) is 0 Å². The van der Waals surface area contributed by atoms with Gasteiger partial charge in [-0.25, -0.2) is 4.79 Å². The van der Waals surface area contributed by atoms with Gasteiger partial charge < -0.3 is 15.3 Å². The lowest BCUT2D eigenvalue weighted by atomic mass is 10.2. The van der Waals surface area contributed by atoms with Crippen LogP contribution in [-0.2, 0) is 6.54 Å². The van der Waals surface area contributed by atoms with E-state index in [2.05, 4.69) is 10.2 Å². The highest BCUT2D eigenvalue weighted by molar-refractivity contribution is 6.42. The number of urea groups is 1. The molecule has 0 unspecified atom stereocenters. The maximum atomic E-state index is 12.3. The summed E-state index contributed by atoms with van der Waals surface area (Å²) in [6, 6.07) is 12.0. The van der Waals surface area contributed by atoms with Crippen LogP contribution in [0.2, 0.25) is 10.0 Å². The molecule has 0 aromatic heterocycles. The first kappa shape index (κ1) is 17.9. The zero-order chi connectivity index (χ0) is 17.8. The Morgan fingerprint density at radius 2 is 1.68 bits per heavy atom. The van der Waals surface area contributed by atoms with Gasteiger partial charge in [0.2, 0.25) is 0 Å². The Kier molecular flexibility index (Phi) is 5.68. The Balaban J connectivity index is 1.50. The summed E-state index contributed by atoms with van der Waals surface area (Å²) >= 11 is 12.0. The van der Waals surface area contributed by atoms with Crippen molar-refractivity contribution in [3.63, 3.8) is 0 Å². The van der Waals surface area contributed by atoms with Crippen LogP contribution in [0.3, 0.4) is 0 Å². The van der Waals surface area contributed by atoms with Crippen LogP contribution in [0.1, 0.15) is 5.56 Å². The Bertz CT molecular complexity index is 744. The van der Waals surface area contributed by atoms with Crippen molar-refractivity contribution in [1.82, 2.24) is 9.80 Å². The van der Waals surface area contributed by atoms with E-state index in [0.717, 1.165) is 25.2 Å². The van der Waals surface area contributed by atoms with Gasteiger partial charge in [0, 0.05) is 38.4 Å². The molecule has 0 saturated carbocycles. The number of nitrogens with one attached hydrogen (secondary N) is 1. The fraction of sp³-hybridized carbons (Fsp3) is 0.278. The topological polar surface area (TPSA) is 55.8 Å². The summed E-state index contributed by atoms with van der Waals surface area (Å²) < 4.78 is 0. The second-order valence-electron chi connectivity index (χ2n) is 5.99. The highest BCUT2D eigenvalue weighted by Crippen LogP contribution is 2.23. The summed E-state index contributed by atoms with van der Waals surface area (Å²) in [5.41, 5.74) is 1.78. The molecule has 0 spiro atoms. The van der Waals surface area contributed by atoms with Crippen LogP contribution in [0, 0.1) is 0 Å². The van der Waals surface area contributed by atoms with Crippen molar-refractivity contribution in [1.29, 1.82) is 0 Å². The van der Waals surface area contributed by atoms with E-state index < -0.39 is 0 Å². The third-order valence-electron chi connectivity index (χ3n) is 4.17. The number of phenols is 1. The van der Waals surface area contributed by atoms with Crippen molar-refractivity contribution < 1.29 is 9.90 Å². The third kappa shape index (κ3) is 4.78. The zero-order valence-corrected chi connectivity index (χ0v) is 15.1. The fourth-order valence-electron chi connectivity index (χ4n) is 2.75. The standard InChI is InChI=1S/C18H19Cl2N3O2/c19-16-6-1-13(11-17(16)20)12-22-7-9-23(10-8-22)18(25)21-14-2-4-15(24)5-3-14/h1-6,11,24H,7-10,12H2,(H,21,25). The van der Waals surface area contributed by atoms with Gasteiger partial charge in [0.15, 0.2) is 0 Å². The first-order chi connectivity index (χ1) is 12.0. The highest BCUT2D eigenvalue weighted by Gasteiger charge is 2.21. The molecule has 3 rings (SSSR count). The molecule has 1 saturated heterocycles. The Morgan fingerprint density at radius 3 is 2.32 bits per heavy atom. The van der Waals surface area contributed by atoms with Gasteiger partial charge >= 0.3 is 6.03 Å². The summed E-state index contributed by atoms with van der Waals surface area (Å²) in [6.07, 6.45) is 0. The molecular formula is C18H19Cl2N3O2. The second-order valence-corrected chi connectivity index (χ2v) is 6.80. The first-order valence-corrected chi connectivity index (χ1v) is 8.78. The molecule has 1 fully saturated rings. The lowest BCUT2D eigenvalue weighted by Gasteiger charge is -2.34. The van der Waals surface area contributed by atoms with Gasteiger partial charge in [-0.1, -0.05) is 29.3 Å². The van der Waals surface area contributed by atoms with Gasteiger partial charge in [-0.15, -0.1) is 0 Å². The maximum Gasteiger partial charge on any atom is 0.321 e. The lowest BCUT2D eigenvalue weighted by molar-refractivity contribution is 0.143. The van der Waals surface area contributed by atoms with E-state index in [4.69, 9.17) is 23.2 Å². The highest BCUT2D eigenvalue weighted by atomic mass is 35.5. The van der Waals surface area contributed by atoms with Crippen molar-refractivity contribution in [2.75, 3.05) is 31.5 Å². The van der Waals surface area contributed by atoms with Gasteiger partial charge in [0.1, 0.15) is 5.75 Å². The minimum Gasteiger partial charge on any atom is -0.508 e. The Hall–Kier alpha value is -1.95. The fourth-order valence-corrected chi connectivity index (χ4v) is 3.07. The Morgan fingerprint density at radius 1 is 1.00 bits per heavy atom. The Labute approximate surface area is 156 Å². The molecule has 1 aliphatic rings. The lowest BCUT2D eigenvalue weighted by Crippen LogP contribution is -2.49. The number of hydrogen-bond acceptors (Lipinski definition) is 3. The van der Waals surface area contributed by atoms with Crippen molar-refractivity contribution in [3.8, 4) is 5.75 Å². The molecule has 0 atom stereocenters. The number of phenolic OH excluding ortho intramolecular Hbond substituents is 1. The van der Waals surface area contributed by atoms with Crippen molar-refractivity contribution in [2.45, 2.75) is 6.54 Å². The number of benzene rings is 2. The van der Waals surface area contributed by atoms with E-state index in [-0.39, 0.29) is 11.8 Å². The van der Waals surface area contributed by atoms with Gasteiger partial charge in [-0.3, -0.25) is 4.90 Å². The predicted molar refractivity (Wildman–Crippen MR) is 100 cm³/mol. The van der Waals surface area contributed by atoms with Crippen molar-refractivity contribution in [2.24, 2.45) is 0 Å². The largest absolute Gasteiger partial charge is 0.508 e. The van der Waals surface area contributed by atoms with Gasteiger partial charge in [0.05, 0.1) is 10.0 Å². The van der Waals surface area contributed by atoms with E-state index in [9.17, 15) is 9.90 Å². The number of halogens is 2. The van der Waals surface area contributed by atoms with E-state index in [0.29, 0.717) is 28.8 Å². The summed E-state index contributed by atoms with van der Waals surface area (Å²) in [6.45, 7) is 3.69. The number of carbonyl (C=O) groups is 1. The number of aromatic hydroxyl groups is 1. The first-order valence-electron chi connectivity index (χ1n) is 8.02. The van der Waals surface area contributed by atoms with E-state index in [1.54, 1.807) is 35.2 Å². The molecular weight excluding hydrogens is 361 g/mol. The third-order valence-corrected chi connectivity index (χ3v) is 4.91. The second kappa shape index (κ2) is 7.95. The molecule has 2 aromatic rings. The maximum absolute atomic E-state index is 12.3. The van der Waals surface area contributed by atoms with Crippen LogP contribution < -0.4 is 5.32 Å². The molecule has 1 aliphatic heterocycles. The number of amides is 2. The number of carbonyl (C=O) groups excluding carboxylic acids is 1. The quantitative estimate of drug-likeness (QED) is 0.790. The normalized spacial score (nSPS) is 15.2. The average Bonchev–Trinajstić information content (AvgIpc) is 2.61. The van der Waals surface area contributed by atoms with Crippen LogP contribution in [0.15, 0.2) is 42.5 Å². The number of rotatable bonds is 3. The van der Waals surface area contributed by atoms with Crippen molar-refractivity contribution >= 4 is 34.9 Å². The summed E-state index contributed by atoms with van der Waals surface area (Å²) in [7, 11) is 0. The molecule has 132 valence electrons. The molecule has 2 N–H and O–H groups in total. The van der Waals surface area contributed by atoms with Crippen LogP contribution in [0.25, 0.3) is 0 Å². The zero-order valence-electron chi connectivity index (χ0n) is 13.6. The van der Waals surface area contributed by atoms with E-state index in [1.165, 1.54) is 0 Å². The van der Waals surface area contributed by atoms with Crippen LogP contribution >= 0.6 is 23.2 Å². The summed E-state index contributed by atoms with van der Waals surface area (Å²) in [4.78, 5) is 16.4. The molecule has 2 aromatic carbocycles. The average molecular weight is 380 g/mol. The van der Waals surface area contributed by atoms with Gasteiger partial charge in [-0.2, -0.15) is 0 Å². The summed E-state index contributed by atoms with van der Waals surface area (Å²) in [5, 5.41) is 13.2. The van der Waals surface area contributed by atoms with Crippen LogP contribution in [0.4, 0.5) is 10.5 Å². The number of piperazine rings is 1. The summed E-state index contributed by atoms with van der Waals surface area (Å²) in [5.74, 6) is 0.175. The molecule has 0 aliphatic carbocycles. The van der Waals surface area contributed by atoms with Gasteiger partial charge in [-0.05, 0) is 42.0 Å². The molecule has 2 amide bonds. The molecule has 0 bridgehead atoms. The monoisotopic (exact) mass is 379 g/mol. The van der Waals surface area contributed by atoms with Crippen molar-refractivity contribution in [3.05, 3.63) is 58.1 Å². The number of nitrogens with zero attached hydrogens (tertiary/aromatic N) is 2. The molecule has 5 nitrogen and oxygen atoms in total. The number of anilines is 1. The minimum atomic E-state index is -0.125. The SMILES string of the molecule is O=C(Nc1ccc(O)cc1)N1CCN(Cc2ccc(Cl)c(Cl)c2)CC1. The number of hydrogen-bond donors (Lipinski definition) is 2. The van der Waals surface area contributed by atoms with Crippen LogP contribution in [0.5, 0.6) is 5.75 Å². The molecule has 0 radical (unpaired) electrons. The van der Waals surface area contributed by atoms with E-state index >= 15 is 0 Å². The smallest absolute Gasteiger partial charge is 0.321 e. The van der Waals surface area contributed by atoms with Crippen LogP contribution in [-0.4, -0.2) is 47.1 Å².